The number of nitrogens with one attached hydrogen (secondary N) is 2. The Bertz CT molecular complexity index is 260. The molecular formula is C7H9N3. The van der Waals surface area contributed by atoms with E-state index in [0.29, 0.717) is 11.5 Å². The van der Waals surface area contributed by atoms with Crippen molar-refractivity contribution in [3.8, 4) is 0 Å². The van der Waals surface area contributed by atoms with E-state index in [9.17, 15) is 0 Å². The molecule has 0 aliphatic carbocycles. The topological polar surface area (TPSA) is 52.0 Å². The predicted octanol–water partition coefficient (Wildman–Crippen LogP) is 1.73. The van der Waals surface area contributed by atoms with Gasteiger partial charge in [0, 0.05) is 17.5 Å². The molecule has 0 aliphatic rings. The number of nitrogens with zero attached hydrogens (tertiary/aromatic N) is 1. The third-order valence-corrected chi connectivity index (χ3v) is 1.29. The Hall–Kier alpha value is -1.38. The van der Waals surface area contributed by atoms with Crippen LogP contribution < -0.4 is 0 Å². The monoisotopic (exact) mass is 135 g/mol. The van der Waals surface area contributed by atoms with Gasteiger partial charge in [-0.15, -0.1) is 0 Å². The first-order valence-electron chi connectivity index (χ1n) is 2.95. The van der Waals surface area contributed by atoms with Crippen molar-refractivity contribution < 1.29 is 0 Å². The number of hydrogen-bond donors (Lipinski definition) is 2. The second-order valence-electron chi connectivity index (χ2n) is 2.02. The molecule has 1 heterocycles. The standard InChI is InChI=1S/C7H9N3/c1-5(8)6-3-4-10-7(6)9-2/h3-4,8,10H,2H2,1H3. The molecule has 0 atom stereocenters. The van der Waals surface area contributed by atoms with E-state index < -0.39 is 0 Å². The van der Waals surface area contributed by atoms with Gasteiger partial charge in [-0.1, -0.05) is 0 Å². The van der Waals surface area contributed by atoms with Crippen LogP contribution in [0.5, 0.6) is 0 Å². The molecule has 1 aromatic heterocycles. The van der Waals surface area contributed by atoms with E-state index in [1.165, 1.54) is 0 Å². The Morgan fingerprint density at radius 3 is 2.90 bits per heavy atom. The van der Waals surface area contributed by atoms with Crippen LogP contribution in [0.2, 0.25) is 0 Å². The van der Waals surface area contributed by atoms with E-state index in [1.54, 1.807) is 13.1 Å². The van der Waals surface area contributed by atoms with Crippen LogP contribution in [0.4, 0.5) is 5.82 Å². The van der Waals surface area contributed by atoms with E-state index in [-0.39, 0.29) is 0 Å². The highest BCUT2D eigenvalue weighted by molar-refractivity contribution is 6.00. The van der Waals surface area contributed by atoms with Gasteiger partial charge in [-0.05, 0) is 19.7 Å². The Kier molecular flexibility index (Phi) is 1.67. The summed E-state index contributed by atoms with van der Waals surface area (Å²) in [7, 11) is 0. The first kappa shape index (κ1) is 6.74. The summed E-state index contributed by atoms with van der Waals surface area (Å²) in [4.78, 5) is 6.57. The maximum absolute atomic E-state index is 7.29. The van der Waals surface area contributed by atoms with Crippen LogP contribution in [0.25, 0.3) is 0 Å². The quantitative estimate of drug-likeness (QED) is 0.580. The molecule has 3 nitrogen and oxygen atoms in total. The second kappa shape index (κ2) is 2.47. The van der Waals surface area contributed by atoms with Crippen LogP contribution in [0.15, 0.2) is 17.3 Å². The fourth-order valence-corrected chi connectivity index (χ4v) is 0.794. The Morgan fingerprint density at radius 1 is 1.80 bits per heavy atom. The van der Waals surface area contributed by atoms with Gasteiger partial charge in [0.2, 0.25) is 0 Å². The molecule has 1 aromatic rings. The third kappa shape index (κ3) is 0.978. The summed E-state index contributed by atoms with van der Waals surface area (Å²) in [6, 6.07) is 1.81. The zero-order valence-electron chi connectivity index (χ0n) is 5.81. The number of hydrogen-bond acceptors (Lipinski definition) is 2. The van der Waals surface area contributed by atoms with Crippen molar-refractivity contribution in [2.45, 2.75) is 6.92 Å². The SMILES string of the molecule is C=Nc1[nH]ccc1C(C)=N. The predicted molar refractivity (Wildman–Crippen MR) is 42.5 cm³/mol. The van der Waals surface area contributed by atoms with Gasteiger partial charge in [-0.2, -0.15) is 0 Å². The highest BCUT2D eigenvalue weighted by atomic mass is 14.9. The van der Waals surface area contributed by atoms with Crippen molar-refractivity contribution >= 4 is 18.2 Å². The zero-order chi connectivity index (χ0) is 7.56. The normalized spacial score (nSPS) is 9.30. The fraction of sp³-hybridized carbons (Fsp3) is 0.143. The van der Waals surface area contributed by atoms with Crippen molar-refractivity contribution in [2.75, 3.05) is 0 Å². The molecule has 0 radical (unpaired) electrons. The molecule has 0 amide bonds. The molecule has 0 aliphatic heterocycles. The van der Waals surface area contributed by atoms with E-state index in [0.717, 1.165) is 5.56 Å². The van der Waals surface area contributed by atoms with Gasteiger partial charge in [-0.25, -0.2) is 4.99 Å². The van der Waals surface area contributed by atoms with Crippen LogP contribution >= 0.6 is 0 Å². The summed E-state index contributed by atoms with van der Waals surface area (Å²) in [5.74, 6) is 0.674. The van der Waals surface area contributed by atoms with Crippen LogP contribution in [0.3, 0.4) is 0 Å². The average Bonchev–Trinajstić information content (AvgIpc) is 2.33. The molecule has 0 aromatic carbocycles. The Morgan fingerprint density at radius 2 is 2.50 bits per heavy atom. The molecule has 0 saturated heterocycles. The minimum absolute atomic E-state index is 0.503. The van der Waals surface area contributed by atoms with E-state index in [1.807, 2.05) is 6.07 Å². The first-order valence-corrected chi connectivity index (χ1v) is 2.95. The largest absolute Gasteiger partial charge is 0.346 e. The van der Waals surface area contributed by atoms with E-state index in [2.05, 4.69) is 16.7 Å². The van der Waals surface area contributed by atoms with Crippen molar-refractivity contribution in [1.82, 2.24) is 4.98 Å². The van der Waals surface area contributed by atoms with Crippen molar-refractivity contribution in [2.24, 2.45) is 4.99 Å². The van der Waals surface area contributed by atoms with Gasteiger partial charge in [0.05, 0.1) is 0 Å². The molecule has 3 heteroatoms. The fourth-order valence-electron chi connectivity index (χ4n) is 0.794. The van der Waals surface area contributed by atoms with Gasteiger partial charge in [-0.3, -0.25) is 0 Å². The lowest BCUT2D eigenvalue weighted by atomic mass is 10.2. The summed E-state index contributed by atoms with van der Waals surface area (Å²) >= 11 is 0. The summed E-state index contributed by atoms with van der Waals surface area (Å²) in [6.45, 7) is 5.09. The van der Waals surface area contributed by atoms with Crippen LogP contribution in [-0.4, -0.2) is 17.4 Å². The molecule has 2 N–H and O–H groups in total. The zero-order valence-corrected chi connectivity index (χ0v) is 5.81. The molecule has 1 rings (SSSR count). The number of aliphatic imine (C=N–C) groups is 1. The molecule has 0 bridgehead atoms. The van der Waals surface area contributed by atoms with Gasteiger partial charge in [0.15, 0.2) is 0 Å². The number of rotatable bonds is 2. The number of aromatic nitrogens is 1. The molecule has 0 spiro atoms. The lowest BCUT2D eigenvalue weighted by Crippen LogP contribution is -1.87. The highest BCUT2D eigenvalue weighted by Crippen LogP contribution is 2.15. The number of aromatic amines is 1. The summed E-state index contributed by atoms with van der Waals surface area (Å²) in [6.07, 6.45) is 1.75. The van der Waals surface area contributed by atoms with Crippen molar-refractivity contribution in [1.29, 1.82) is 5.41 Å². The lowest BCUT2D eigenvalue weighted by Gasteiger charge is -1.92. The number of H-pyrrole nitrogens is 1. The Balaban J connectivity index is 3.13. The molecular weight excluding hydrogens is 126 g/mol. The van der Waals surface area contributed by atoms with Crippen LogP contribution in [-0.2, 0) is 0 Å². The summed E-state index contributed by atoms with van der Waals surface area (Å²) < 4.78 is 0. The van der Waals surface area contributed by atoms with E-state index >= 15 is 0 Å². The van der Waals surface area contributed by atoms with Crippen molar-refractivity contribution in [3.63, 3.8) is 0 Å². The van der Waals surface area contributed by atoms with Gasteiger partial charge in [0.25, 0.3) is 0 Å². The van der Waals surface area contributed by atoms with Gasteiger partial charge < -0.3 is 10.4 Å². The third-order valence-electron chi connectivity index (χ3n) is 1.29. The Labute approximate surface area is 59.3 Å². The molecule has 10 heavy (non-hydrogen) atoms. The summed E-state index contributed by atoms with van der Waals surface area (Å²) in [5, 5.41) is 7.29. The molecule has 0 saturated carbocycles. The van der Waals surface area contributed by atoms with Crippen molar-refractivity contribution in [3.05, 3.63) is 17.8 Å². The lowest BCUT2D eigenvalue weighted by molar-refractivity contribution is 1.34. The minimum atomic E-state index is 0.503. The minimum Gasteiger partial charge on any atom is -0.346 e. The van der Waals surface area contributed by atoms with Gasteiger partial charge in [0.1, 0.15) is 5.82 Å². The first-order chi connectivity index (χ1) is 4.75. The molecule has 52 valence electrons. The average molecular weight is 135 g/mol. The molecule has 0 fully saturated rings. The smallest absolute Gasteiger partial charge is 0.138 e. The molecule has 0 unspecified atom stereocenters. The van der Waals surface area contributed by atoms with Crippen LogP contribution in [0.1, 0.15) is 12.5 Å². The van der Waals surface area contributed by atoms with Gasteiger partial charge >= 0.3 is 0 Å². The van der Waals surface area contributed by atoms with E-state index in [4.69, 9.17) is 5.41 Å². The summed E-state index contributed by atoms with van der Waals surface area (Å²) in [5.41, 5.74) is 1.32. The van der Waals surface area contributed by atoms with Crippen LogP contribution in [0, 0.1) is 5.41 Å². The second-order valence-corrected chi connectivity index (χ2v) is 2.02. The maximum Gasteiger partial charge on any atom is 0.138 e. The highest BCUT2D eigenvalue weighted by Gasteiger charge is 2.01. The maximum atomic E-state index is 7.29.